The number of hydrogen-bond acceptors (Lipinski definition) is 3. The summed E-state index contributed by atoms with van der Waals surface area (Å²) >= 11 is 0. The van der Waals surface area contributed by atoms with Crippen molar-refractivity contribution in [3.63, 3.8) is 0 Å². The van der Waals surface area contributed by atoms with E-state index in [-0.39, 0.29) is 17.3 Å². The molecule has 0 saturated carbocycles. The van der Waals surface area contributed by atoms with E-state index in [1.807, 2.05) is 67.8 Å². The van der Waals surface area contributed by atoms with Crippen molar-refractivity contribution in [3.05, 3.63) is 125 Å². The topological polar surface area (TPSA) is 67.2 Å². The van der Waals surface area contributed by atoms with Crippen LogP contribution < -0.4 is 5.32 Å². The van der Waals surface area contributed by atoms with Crippen molar-refractivity contribution in [3.8, 4) is 0 Å². The second-order valence-electron chi connectivity index (χ2n) is 10.5. The number of halogens is 1. The Hall–Kier alpha value is -3.77. The van der Waals surface area contributed by atoms with Gasteiger partial charge in [-0.1, -0.05) is 54.6 Å². The highest BCUT2D eigenvalue weighted by molar-refractivity contribution is 5.94. The zero-order valence-corrected chi connectivity index (χ0v) is 21.6. The minimum absolute atomic E-state index is 0.159. The van der Waals surface area contributed by atoms with Crippen LogP contribution in [0.4, 0.5) is 4.39 Å². The van der Waals surface area contributed by atoms with Crippen molar-refractivity contribution in [1.82, 2.24) is 14.9 Å². The van der Waals surface area contributed by atoms with Gasteiger partial charge in [-0.15, -0.1) is 0 Å². The number of carbonyl (C=O) groups is 1. The molecule has 0 aliphatic carbocycles. The zero-order valence-electron chi connectivity index (χ0n) is 21.6. The number of hydrogen-bond donors (Lipinski definition) is 2. The Morgan fingerprint density at radius 1 is 0.946 bits per heavy atom. The first-order valence-corrected chi connectivity index (χ1v) is 12.6. The first-order valence-electron chi connectivity index (χ1n) is 12.6. The summed E-state index contributed by atoms with van der Waals surface area (Å²) in [5.74, 6) is -0.423. The summed E-state index contributed by atoms with van der Waals surface area (Å²) in [4.78, 5) is 17.0. The number of nitrogens with one attached hydrogen (secondary N) is 1. The standard InChI is InChI=1S/C31H34FN3O2/c1-30(2,3)34-29(36)25-13-15-26(16-14-25)31(37,19-7-10-23-11-17-27(32)18-12-23)28-20-33-22-35(28)21-24-8-5-4-6-9-24/h4-6,8-9,11-18,20,22,37H,7,10,19,21H2,1-3H3,(H,34,36). The molecule has 3 aromatic carbocycles. The third-order valence-electron chi connectivity index (χ3n) is 6.36. The van der Waals surface area contributed by atoms with E-state index in [9.17, 15) is 14.3 Å². The molecule has 1 heterocycles. The van der Waals surface area contributed by atoms with E-state index in [1.165, 1.54) is 12.1 Å². The quantitative estimate of drug-likeness (QED) is 0.303. The van der Waals surface area contributed by atoms with Crippen molar-refractivity contribution >= 4 is 5.91 Å². The van der Waals surface area contributed by atoms with Gasteiger partial charge in [0, 0.05) is 17.6 Å². The van der Waals surface area contributed by atoms with Gasteiger partial charge >= 0.3 is 0 Å². The fourth-order valence-corrected chi connectivity index (χ4v) is 4.50. The third kappa shape index (κ3) is 6.71. The van der Waals surface area contributed by atoms with E-state index < -0.39 is 5.60 Å². The van der Waals surface area contributed by atoms with E-state index in [4.69, 9.17) is 0 Å². The van der Waals surface area contributed by atoms with Gasteiger partial charge in [-0.3, -0.25) is 4.79 Å². The Balaban J connectivity index is 1.63. The van der Waals surface area contributed by atoms with Crippen molar-refractivity contribution < 1.29 is 14.3 Å². The first-order chi connectivity index (χ1) is 17.6. The van der Waals surface area contributed by atoms with Gasteiger partial charge in [-0.2, -0.15) is 0 Å². The van der Waals surface area contributed by atoms with Crippen LogP contribution in [0.25, 0.3) is 0 Å². The summed E-state index contributed by atoms with van der Waals surface area (Å²) in [5, 5.41) is 15.2. The predicted molar refractivity (Wildman–Crippen MR) is 144 cm³/mol. The number of benzene rings is 3. The maximum absolute atomic E-state index is 13.3. The molecule has 2 N–H and O–H groups in total. The summed E-state index contributed by atoms with van der Waals surface area (Å²) in [6, 6.07) is 23.6. The second-order valence-corrected chi connectivity index (χ2v) is 10.5. The lowest BCUT2D eigenvalue weighted by atomic mass is 9.84. The molecule has 0 bridgehead atoms. The highest BCUT2D eigenvalue weighted by Gasteiger charge is 2.34. The van der Waals surface area contributed by atoms with Gasteiger partial charge in [0.05, 0.1) is 18.2 Å². The van der Waals surface area contributed by atoms with Crippen LogP contribution in [0.5, 0.6) is 0 Å². The van der Waals surface area contributed by atoms with Gasteiger partial charge < -0.3 is 15.0 Å². The van der Waals surface area contributed by atoms with Crippen LogP contribution in [0.2, 0.25) is 0 Å². The number of carbonyl (C=O) groups excluding carboxylic acids is 1. The summed E-state index contributed by atoms with van der Waals surface area (Å²) in [6.45, 7) is 6.38. The molecule has 6 heteroatoms. The van der Waals surface area contributed by atoms with Gasteiger partial charge in [-0.25, -0.2) is 9.37 Å². The monoisotopic (exact) mass is 499 g/mol. The number of aryl methyl sites for hydroxylation is 1. The van der Waals surface area contributed by atoms with Crippen LogP contribution in [0.15, 0.2) is 91.4 Å². The Morgan fingerprint density at radius 2 is 1.62 bits per heavy atom. The van der Waals surface area contributed by atoms with Crippen molar-refractivity contribution in [2.45, 2.75) is 57.7 Å². The molecule has 0 aliphatic heterocycles. The molecule has 0 radical (unpaired) electrons. The van der Waals surface area contributed by atoms with E-state index >= 15 is 0 Å². The SMILES string of the molecule is CC(C)(C)NC(=O)c1ccc(C(O)(CCCc2ccc(F)cc2)c2cncn2Cc2ccccc2)cc1. The van der Waals surface area contributed by atoms with Crippen molar-refractivity contribution in [1.29, 1.82) is 0 Å². The number of aliphatic hydroxyl groups is 1. The lowest BCUT2D eigenvalue weighted by molar-refractivity contribution is 0.0606. The molecule has 5 nitrogen and oxygen atoms in total. The molecule has 1 amide bonds. The van der Waals surface area contributed by atoms with Gasteiger partial charge in [0.15, 0.2) is 0 Å². The molecule has 4 rings (SSSR count). The molecule has 0 aliphatic rings. The minimum Gasteiger partial charge on any atom is -0.379 e. The average molecular weight is 500 g/mol. The van der Waals surface area contributed by atoms with E-state index in [1.54, 1.807) is 36.8 Å². The molecule has 192 valence electrons. The van der Waals surface area contributed by atoms with Crippen LogP contribution in [0.3, 0.4) is 0 Å². The third-order valence-corrected chi connectivity index (χ3v) is 6.36. The number of imidazole rings is 1. The molecular formula is C31H34FN3O2. The smallest absolute Gasteiger partial charge is 0.251 e. The Labute approximate surface area is 218 Å². The highest BCUT2D eigenvalue weighted by Crippen LogP contribution is 2.35. The maximum atomic E-state index is 13.3. The van der Waals surface area contributed by atoms with E-state index in [0.717, 1.165) is 11.1 Å². The van der Waals surface area contributed by atoms with Crippen LogP contribution >= 0.6 is 0 Å². The Kier molecular flexibility index (Phi) is 7.89. The summed E-state index contributed by atoms with van der Waals surface area (Å²) in [6.07, 6.45) is 5.24. The van der Waals surface area contributed by atoms with Gasteiger partial charge in [0.1, 0.15) is 11.4 Å². The normalized spacial score (nSPS) is 13.2. The summed E-state index contributed by atoms with van der Waals surface area (Å²) < 4.78 is 15.3. The van der Waals surface area contributed by atoms with Crippen LogP contribution in [0.1, 0.15) is 66.4 Å². The molecule has 37 heavy (non-hydrogen) atoms. The zero-order chi connectivity index (χ0) is 26.5. The predicted octanol–water partition coefficient (Wildman–Crippen LogP) is 5.86. The van der Waals surface area contributed by atoms with Crippen LogP contribution in [-0.4, -0.2) is 26.1 Å². The fourth-order valence-electron chi connectivity index (χ4n) is 4.50. The number of rotatable bonds is 9. The van der Waals surface area contributed by atoms with Crippen LogP contribution in [-0.2, 0) is 18.6 Å². The summed E-state index contributed by atoms with van der Waals surface area (Å²) in [5.41, 5.74) is 2.34. The molecule has 4 aromatic rings. The highest BCUT2D eigenvalue weighted by atomic mass is 19.1. The summed E-state index contributed by atoms with van der Waals surface area (Å²) in [7, 11) is 0. The average Bonchev–Trinajstić information content (AvgIpc) is 3.33. The van der Waals surface area contributed by atoms with E-state index in [2.05, 4.69) is 10.3 Å². The van der Waals surface area contributed by atoms with Gasteiger partial charge in [0.25, 0.3) is 5.91 Å². The molecular weight excluding hydrogens is 465 g/mol. The lowest BCUT2D eigenvalue weighted by Gasteiger charge is -2.30. The maximum Gasteiger partial charge on any atom is 0.251 e. The first kappa shape index (κ1) is 26.3. The van der Waals surface area contributed by atoms with Gasteiger partial charge in [-0.05, 0) is 81.0 Å². The van der Waals surface area contributed by atoms with Crippen molar-refractivity contribution in [2.75, 3.05) is 0 Å². The van der Waals surface area contributed by atoms with Gasteiger partial charge in [0.2, 0.25) is 0 Å². The largest absolute Gasteiger partial charge is 0.379 e. The Bertz CT molecular complexity index is 1310. The molecule has 1 atom stereocenters. The van der Waals surface area contributed by atoms with Crippen LogP contribution in [0, 0.1) is 5.82 Å². The molecule has 0 saturated heterocycles. The minimum atomic E-state index is -1.33. The molecule has 0 fully saturated rings. The Morgan fingerprint density at radius 3 is 2.27 bits per heavy atom. The number of aromatic nitrogens is 2. The molecule has 1 unspecified atom stereocenters. The lowest BCUT2D eigenvalue weighted by Crippen LogP contribution is -2.40. The second kappa shape index (κ2) is 11.1. The number of nitrogens with zero attached hydrogens (tertiary/aromatic N) is 2. The fraction of sp³-hybridized carbons (Fsp3) is 0.290. The molecule has 0 spiro atoms. The number of amides is 1. The van der Waals surface area contributed by atoms with E-state index in [0.29, 0.717) is 42.6 Å². The van der Waals surface area contributed by atoms with Crippen molar-refractivity contribution in [2.24, 2.45) is 0 Å². The molecule has 1 aromatic heterocycles.